The normalized spacial score (nSPS) is 20.8. The van der Waals surface area contributed by atoms with E-state index in [2.05, 4.69) is 0 Å². The molecule has 0 amide bonds. The number of hydrogen-bond donors (Lipinski definition) is 3. The maximum absolute atomic E-state index is 6.02. The highest BCUT2D eigenvalue weighted by molar-refractivity contribution is 6.56. The van der Waals surface area contributed by atoms with Crippen molar-refractivity contribution in [2.75, 3.05) is 18.0 Å². The molecule has 0 spiro atoms. The Hall–Kier alpha value is -1.50. The topological polar surface area (TPSA) is 96.5 Å². The largest absolute Gasteiger partial charge is 0.491 e. The van der Waals surface area contributed by atoms with E-state index in [4.69, 9.17) is 26.5 Å². The van der Waals surface area contributed by atoms with Gasteiger partial charge in [-0.25, -0.2) is 0 Å². The molecule has 1 fully saturated rings. The quantitative estimate of drug-likeness (QED) is 0.582. The number of hydrogen-bond acceptors (Lipinski definition) is 5. The monoisotopic (exact) mass is 289 g/mol. The summed E-state index contributed by atoms with van der Waals surface area (Å²) < 4.78 is 12.0. The summed E-state index contributed by atoms with van der Waals surface area (Å²) >= 11 is 0. The smallest absolute Gasteiger partial charge is 0.400 e. The minimum absolute atomic E-state index is 0.324. The van der Waals surface area contributed by atoms with Crippen molar-refractivity contribution in [1.29, 1.82) is 0 Å². The van der Waals surface area contributed by atoms with Crippen LogP contribution in [0, 0.1) is 0 Å². The van der Waals surface area contributed by atoms with Crippen molar-refractivity contribution in [3.63, 3.8) is 0 Å². The summed E-state index contributed by atoms with van der Waals surface area (Å²) in [6.45, 7) is 8.36. The van der Waals surface area contributed by atoms with Gasteiger partial charge in [0.2, 0.25) is 0 Å². The summed E-state index contributed by atoms with van der Waals surface area (Å²) in [5, 5.41) is 0. The standard InChI is InChI=1S/C15H24BN3O2/c1-14(2)15(3,4)21-16(20-14)11(9-17)8-10-6-5-7-12(18)13(10)19/h5-8H,9,17-19H2,1-4H3. The van der Waals surface area contributed by atoms with E-state index in [-0.39, 0.29) is 0 Å². The second-order valence-corrected chi connectivity index (χ2v) is 6.36. The number of benzene rings is 1. The van der Waals surface area contributed by atoms with E-state index in [9.17, 15) is 0 Å². The van der Waals surface area contributed by atoms with Crippen LogP contribution in [0.3, 0.4) is 0 Å². The molecule has 114 valence electrons. The molecule has 21 heavy (non-hydrogen) atoms. The molecule has 6 heteroatoms. The Kier molecular flexibility index (Phi) is 4.06. The molecule has 0 saturated carbocycles. The van der Waals surface area contributed by atoms with Crippen LogP contribution in [0.15, 0.2) is 23.7 Å². The van der Waals surface area contributed by atoms with Crippen molar-refractivity contribution in [3.05, 3.63) is 29.2 Å². The number of nitrogens with two attached hydrogens (primary N) is 3. The first-order valence-corrected chi connectivity index (χ1v) is 7.08. The zero-order chi connectivity index (χ0) is 15.8. The fourth-order valence-electron chi connectivity index (χ4n) is 2.14. The number of para-hydroxylation sites is 1. The molecule has 6 N–H and O–H groups in total. The predicted octanol–water partition coefficient (Wildman–Crippen LogP) is 1.82. The molecule has 0 bridgehead atoms. The van der Waals surface area contributed by atoms with Gasteiger partial charge in [0.05, 0.1) is 22.6 Å². The highest BCUT2D eigenvalue weighted by Crippen LogP contribution is 2.38. The molecule has 0 atom stereocenters. The van der Waals surface area contributed by atoms with Gasteiger partial charge >= 0.3 is 7.12 Å². The first-order chi connectivity index (χ1) is 9.68. The predicted molar refractivity (Wildman–Crippen MR) is 88.4 cm³/mol. The molecular formula is C15H24BN3O2. The molecule has 1 aliphatic rings. The Balaban J connectivity index is 2.33. The van der Waals surface area contributed by atoms with Crippen LogP contribution in [0.2, 0.25) is 0 Å². The Morgan fingerprint density at radius 2 is 1.71 bits per heavy atom. The third-order valence-corrected chi connectivity index (χ3v) is 4.31. The van der Waals surface area contributed by atoms with E-state index in [1.54, 1.807) is 6.07 Å². The van der Waals surface area contributed by atoms with Crippen molar-refractivity contribution in [2.45, 2.75) is 38.9 Å². The van der Waals surface area contributed by atoms with Gasteiger partial charge in [-0.1, -0.05) is 18.2 Å². The molecule has 1 heterocycles. The molecular weight excluding hydrogens is 265 g/mol. The van der Waals surface area contributed by atoms with E-state index >= 15 is 0 Å². The average Bonchev–Trinajstić information content (AvgIpc) is 2.60. The third kappa shape index (κ3) is 2.93. The SMILES string of the molecule is CC1(C)OB(C(=Cc2cccc(N)c2N)CN)OC1(C)C. The first-order valence-electron chi connectivity index (χ1n) is 7.08. The maximum atomic E-state index is 6.02. The average molecular weight is 289 g/mol. The summed E-state index contributed by atoms with van der Waals surface area (Å²) in [6.07, 6.45) is 1.90. The summed E-state index contributed by atoms with van der Waals surface area (Å²) in [6, 6.07) is 5.52. The summed E-state index contributed by atoms with van der Waals surface area (Å²) in [5.74, 6) is 0. The van der Waals surface area contributed by atoms with Gasteiger partial charge in [0.1, 0.15) is 0 Å². The zero-order valence-corrected chi connectivity index (χ0v) is 13.1. The molecule has 1 aromatic rings. The lowest BCUT2D eigenvalue weighted by molar-refractivity contribution is 0.00578. The Morgan fingerprint density at radius 1 is 1.14 bits per heavy atom. The number of rotatable bonds is 3. The first kappa shape index (κ1) is 15.9. The van der Waals surface area contributed by atoms with Crippen LogP contribution in [0.1, 0.15) is 33.3 Å². The van der Waals surface area contributed by atoms with Gasteiger partial charge < -0.3 is 26.5 Å². The number of anilines is 2. The summed E-state index contributed by atoms with van der Waals surface area (Å²) in [5.41, 5.74) is 19.7. The molecule has 0 radical (unpaired) electrons. The number of nitrogen functional groups attached to an aromatic ring is 2. The van der Waals surface area contributed by atoms with Gasteiger partial charge in [-0.15, -0.1) is 0 Å². The Labute approximate surface area is 126 Å². The Morgan fingerprint density at radius 3 is 2.24 bits per heavy atom. The summed E-state index contributed by atoms with van der Waals surface area (Å²) in [4.78, 5) is 0. The third-order valence-electron chi connectivity index (χ3n) is 4.31. The Bertz CT molecular complexity index is 554. The van der Waals surface area contributed by atoms with Crippen LogP contribution < -0.4 is 17.2 Å². The van der Waals surface area contributed by atoms with Crippen LogP contribution >= 0.6 is 0 Å². The lowest BCUT2D eigenvalue weighted by Gasteiger charge is -2.32. The molecule has 0 aromatic heterocycles. The fraction of sp³-hybridized carbons (Fsp3) is 0.467. The lowest BCUT2D eigenvalue weighted by Crippen LogP contribution is -2.41. The second-order valence-electron chi connectivity index (χ2n) is 6.36. The molecule has 2 rings (SSSR count). The van der Waals surface area contributed by atoms with Crippen LogP contribution in [0.4, 0.5) is 11.4 Å². The van der Waals surface area contributed by atoms with Crippen molar-refractivity contribution in [3.8, 4) is 0 Å². The van der Waals surface area contributed by atoms with Gasteiger partial charge in [0.15, 0.2) is 0 Å². The van der Waals surface area contributed by atoms with Gasteiger partial charge in [-0.2, -0.15) is 0 Å². The van der Waals surface area contributed by atoms with E-state index in [1.807, 2.05) is 45.9 Å². The maximum Gasteiger partial charge on any atom is 0.491 e. The molecule has 1 aliphatic heterocycles. The van der Waals surface area contributed by atoms with Crippen LogP contribution in [0.25, 0.3) is 6.08 Å². The van der Waals surface area contributed by atoms with Gasteiger partial charge in [-0.3, -0.25) is 0 Å². The molecule has 0 aliphatic carbocycles. The minimum Gasteiger partial charge on any atom is -0.400 e. The molecule has 1 saturated heterocycles. The molecule has 1 aromatic carbocycles. The highest BCUT2D eigenvalue weighted by Gasteiger charge is 2.52. The van der Waals surface area contributed by atoms with E-state index < -0.39 is 18.3 Å². The zero-order valence-electron chi connectivity index (χ0n) is 13.1. The van der Waals surface area contributed by atoms with E-state index in [1.165, 1.54) is 0 Å². The van der Waals surface area contributed by atoms with Gasteiger partial charge in [0, 0.05) is 6.54 Å². The second kappa shape index (κ2) is 5.37. The van der Waals surface area contributed by atoms with Crippen molar-refractivity contribution in [2.24, 2.45) is 5.73 Å². The van der Waals surface area contributed by atoms with Crippen LogP contribution in [0.5, 0.6) is 0 Å². The minimum atomic E-state index is -0.471. The highest BCUT2D eigenvalue weighted by atomic mass is 16.7. The van der Waals surface area contributed by atoms with Gasteiger partial charge in [-0.05, 0) is 44.8 Å². The van der Waals surface area contributed by atoms with Crippen LogP contribution in [-0.2, 0) is 9.31 Å². The molecule has 0 unspecified atom stereocenters. The van der Waals surface area contributed by atoms with Crippen molar-refractivity contribution < 1.29 is 9.31 Å². The van der Waals surface area contributed by atoms with E-state index in [0.29, 0.717) is 17.9 Å². The lowest BCUT2D eigenvalue weighted by atomic mass is 9.77. The van der Waals surface area contributed by atoms with Crippen molar-refractivity contribution >= 4 is 24.6 Å². The fourth-order valence-corrected chi connectivity index (χ4v) is 2.14. The van der Waals surface area contributed by atoms with Crippen molar-refractivity contribution in [1.82, 2.24) is 0 Å². The van der Waals surface area contributed by atoms with Gasteiger partial charge in [0.25, 0.3) is 0 Å². The summed E-state index contributed by atoms with van der Waals surface area (Å²) in [7, 11) is -0.471. The molecule has 5 nitrogen and oxygen atoms in total. The van der Waals surface area contributed by atoms with Crippen LogP contribution in [-0.4, -0.2) is 24.9 Å². The van der Waals surface area contributed by atoms with E-state index in [0.717, 1.165) is 11.0 Å².